The van der Waals surface area contributed by atoms with E-state index in [0.29, 0.717) is 12.3 Å². The molecular formula is C23H19N3O3S2. The average molecular weight is 450 g/mol. The van der Waals surface area contributed by atoms with Crippen LogP contribution in [0.25, 0.3) is 21.3 Å². The Balaban J connectivity index is 1.31. The van der Waals surface area contributed by atoms with E-state index in [1.165, 1.54) is 11.8 Å². The zero-order chi connectivity index (χ0) is 21.2. The maximum atomic E-state index is 12.8. The molecule has 0 spiro atoms. The first-order chi connectivity index (χ1) is 15.2. The summed E-state index contributed by atoms with van der Waals surface area (Å²) in [7, 11) is 0. The number of rotatable bonds is 6. The summed E-state index contributed by atoms with van der Waals surface area (Å²) in [5.41, 5.74) is 3.17. The smallest absolute Gasteiger partial charge is 0.233 e. The Morgan fingerprint density at radius 3 is 2.87 bits per heavy atom. The van der Waals surface area contributed by atoms with Gasteiger partial charge in [0.05, 0.1) is 10.6 Å². The minimum atomic E-state index is -0.310. The van der Waals surface area contributed by atoms with Gasteiger partial charge in [-0.3, -0.25) is 4.79 Å². The lowest BCUT2D eigenvalue weighted by Crippen LogP contribution is -2.30. The van der Waals surface area contributed by atoms with Crippen LogP contribution in [-0.4, -0.2) is 27.9 Å². The fraction of sp³-hybridized carbons (Fsp3) is 0.174. The standard InChI is InChI=1S/C23H19N3O3S2/c1-14(21(27)24-10-15-7-8-18-19(9-15)29-13-28-18)31-23-20-17(16-5-3-2-4-6-16)11-30-22(20)25-12-26-23/h2-9,11-12,14H,10,13H2,1H3,(H,24,27). The normalized spacial score (nSPS) is 13.3. The van der Waals surface area contributed by atoms with Crippen LogP contribution in [0.3, 0.4) is 0 Å². The van der Waals surface area contributed by atoms with E-state index in [9.17, 15) is 4.79 Å². The number of thiophene rings is 1. The topological polar surface area (TPSA) is 73.3 Å². The Morgan fingerprint density at radius 2 is 2.00 bits per heavy atom. The second kappa shape index (κ2) is 8.56. The van der Waals surface area contributed by atoms with Crippen LogP contribution >= 0.6 is 23.1 Å². The first-order valence-electron chi connectivity index (χ1n) is 9.79. The third kappa shape index (κ3) is 4.08. The van der Waals surface area contributed by atoms with Crippen molar-refractivity contribution in [3.05, 3.63) is 65.8 Å². The van der Waals surface area contributed by atoms with Crippen molar-refractivity contribution in [3.8, 4) is 22.6 Å². The highest BCUT2D eigenvalue weighted by atomic mass is 32.2. The van der Waals surface area contributed by atoms with Crippen LogP contribution in [0.2, 0.25) is 0 Å². The van der Waals surface area contributed by atoms with Crippen LogP contribution in [0.4, 0.5) is 0 Å². The van der Waals surface area contributed by atoms with E-state index in [1.54, 1.807) is 17.7 Å². The number of fused-ring (bicyclic) bond motifs is 2. The maximum absolute atomic E-state index is 12.8. The number of hydrogen-bond acceptors (Lipinski definition) is 7. The van der Waals surface area contributed by atoms with E-state index in [2.05, 4.69) is 32.8 Å². The third-order valence-corrected chi connectivity index (χ3v) is 6.97. The highest BCUT2D eigenvalue weighted by Gasteiger charge is 2.20. The Hall–Kier alpha value is -3.10. The van der Waals surface area contributed by atoms with Crippen LogP contribution in [0, 0.1) is 0 Å². The summed E-state index contributed by atoms with van der Waals surface area (Å²) in [6, 6.07) is 15.9. The number of nitrogens with zero attached hydrogens (tertiary/aromatic N) is 2. The van der Waals surface area contributed by atoms with Gasteiger partial charge in [0.25, 0.3) is 0 Å². The number of amides is 1. The van der Waals surface area contributed by atoms with Crippen molar-refractivity contribution in [1.29, 1.82) is 0 Å². The number of hydrogen-bond donors (Lipinski definition) is 1. The third-order valence-electron chi connectivity index (χ3n) is 4.98. The first-order valence-corrected chi connectivity index (χ1v) is 11.6. The number of carbonyl (C=O) groups is 1. The Kier molecular flexibility index (Phi) is 5.48. The molecule has 3 heterocycles. The summed E-state index contributed by atoms with van der Waals surface area (Å²) in [6.07, 6.45) is 1.56. The molecule has 5 rings (SSSR count). The molecule has 2 aromatic heterocycles. The fourth-order valence-corrected chi connectivity index (χ4v) is 5.31. The van der Waals surface area contributed by atoms with Gasteiger partial charge in [-0.25, -0.2) is 9.97 Å². The summed E-state index contributed by atoms with van der Waals surface area (Å²) in [5.74, 6) is 1.39. The highest BCUT2D eigenvalue weighted by Crippen LogP contribution is 2.39. The van der Waals surface area contributed by atoms with Crippen LogP contribution < -0.4 is 14.8 Å². The molecule has 2 aromatic carbocycles. The van der Waals surface area contributed by atoms with Crippen molar-refractivity contribution in [2.24, 2.45) is 0 Å². The van der Waals surface area contributed by atoms with Crippen LogP contribution in [0.1, 0.15) is 12.5 Å². The van der Waals surface area contributed by atoms with E-state index < -0.39 is 0 Å². The zero-order valence-corrected chi connectivity index (χ0v) is 18.3. The Bertz CT molecular complexity index is 1240. The Morgan fingerprint density at radius 1 is 1.16 bits per heavy atom. The van der Waals surface area contributed by atoms with Gasteiger partial charge >= 0.3 is 0 Å². The predicted molar refractivity (Wildman–Crippen MR) is 123 cm³/mol. The second-order valence-electron chi connectivity index (χ2n) is 7.04. The molecule has 156 valence electrons. The molecule has 1 atom stereocenters. The summed E-state index contributed by atoms with van der Waals surface area (Å²) < 4.78 is 10.7. The lowest BCUT2D eigenvalue weighted by Gasteiger charge is -2.13. The number of nitrogens with one attached hydrogen (secondary N) is 1. The largest absolute Gasteiger partial charge is 0.454 e. The predicted octanol–water partition coefficient (Wildman–Crippen LogP) is 4.88. The second-order valence-corrected chi connectivity index (χ2v) is 9.23. The summed E-state index contributed by atoms with van der Waals surface area (Å²) in [6.45, 7) is 2.55. The molecule has 1 unspecified atom stereocenters. The number of ether oxygens (including phenoxy) is 2. The molecule has 8 heteroatoms. The van der Waals surface area contributed by atoms with Gasteiger partial charge in [0, 0.05) is 17.5 Å². The van der Waals surface area contributed by atoms with E-state index in [0.717, 1.165) is 37.7 Å². The SMILES string of the molecule is CC(Sc1ncnc2scc(-c3ccccc3)c12)C(=O)NCc1ccc2c(c1)OCO2. The zero-order valence-electron chi connectivity index (χ0n) is 16.7. The van der Waals surface area contributed by atoms with E-state index in [4.69, 9.17) is 9.47 Å². The van der Waals surface area contributed by atoms with Crippen LogP contribution in [0.15, 0.2) is 65.3 Å². The van der Waals surface area contributed by atoms with Gasteiger partial charge in [-0.1, -0.05) is 48.2 Å². The van der Waals surface area contributed by atoms with Crippen molar-refractivity contribution >= 4 is 39.2 Å². The minimum Gasteiger partial charge on any atom is -0.454 e. The molecule has 0 fully saturated rings. The maximum Gasteiger partial charge on any atom is 0.233 e. The quantitative estimate of drug-likeness (QED) is 0.334. The number of aromatic nitrogens is 2. The lowest BCUT2D eigenvalue weighted by molar-refractivity contribution is -0.120. The first kappa shape index (κ1) is 19.8. The van der Waals surface area contributed by atoms with Crippen molar-refractivity contribution in [2.75, 3.05) is 6.79 Å². The highest BCUT2D eigenvalue weighted by molar-refractivity contribution is 8.00. The molecule has 0 radical (unpaired) electrons. The van der Waals surface area contributed by atoms with Gasteiger partial charge in [-0.05, 0) is 30.2 Å². The van der Waals surface area contributed by atoms with Gasteiger partial charge in [0.1, 0.15) is 16.2 Å². The van der Waals surface area contributed by atoms with Crippen LogP contribution in [-0.2, 0) is 11.3 Å². The van der Waals surface area contributed by atoms with Crippen molar-refractivity contribution < 1.29 is 14.3 Å². The molecule has 0 saturated heterocycles. The molecule has 1 aliphatic rings. The van der Waals surface area contributed by atoms with E-state index in [1.807, 2.05) is 43.3 Å². The van der Waals surface area contributed by atoms with Gasteiger partial charge in [0.15, 0.2) is 11.5 Å². The van der Waals surface area contributed by atoms with E-state index in [-0.39, 0.29) is 18.0 Å². The lowest BCUT2D eigenvalue weighted by atomic mass is 10.1. The summed E-state index contributed by atoms with van der Waals surface area (Å²) in [5, 5.41) is 6.61. The van der Waals surface area contributed by atoms with Crippen molar-refractivity contribution in [2.45, 2.75) is 23.7 Å². The molecule has 1 N–H and O–H groups in total. The van der Waals surface area contributed by atoms with Crippen molar-refractivity contribution in [3.63, 3.8) is 0 Å². The van der Waals surface area contributed by atoms with E-state index >= 15 is 0 Å². The molecule has 6 nitrogen and oxygen atoms in total. The minimum absolute atomic E-state index is 0.0501. The monoisotopic (exact) mass is 449 g/mol. The van der Waals surface area contributed by atoms with Gasteiger partial charge in [-0.15, -0.1) is 11.3 Å². The molecule has 1 aliphatic heterocycles. The molecule has 0 saturated carbocycles. The van der Waals surface area contributed by atoms with Crippen molar-refractivity contribution in [1.82, 2.24) is 15.3 Å². The van der Waals surface area contributed by atoms with Gasteiger partial charge in [0.2, 0.25) is 12.7 Å². The van der Waals surface area contributed by atoms with Crippen LogP contribution in [0.5, 0.6) is 11.5 Å². The fourth-order valence-electron chi connectivity index (χ4n) is 3.37. The van der Waals surface area contributed by atoms with Gasteiger partial charge in [-0.2, -0.15) is 0 Å². The number of benzene rings is 2. The molecule has 0 bridgehead atoms. The Labute approximate surface area is 187 Å². The molecule has 1 amide bonds. The molecular weight excluding hydrogens is 430 g/mol. The number of thioether (sulfide) groups is 1. The average Bonchev–Trinajstić information content (AvgIpc) is 3.45. The molecule has 31 heavy (non-hydrogen) atoms. The summed E-state index contributed by atoms with van der Waals surface area (Å²) >= 11 is 3.04. The van der Waals surface area contributed by atoms with Gasteiger partial charge < -0.3 is 14.8 Å². The molecule has 0 aliphatic carbocycles. The molecule has 4 aromatic rings. The number of carbonyl (C=O) groups excluding carboxylic acids is 1. The summed E-state index contributed by atoms with van der Waals surface area (Å²) in [4.78, 5) is 22.6.